The zero-order valence-electron chi connectivity index (χ0n) is 19.4. The van der Waals surface area contributed by atoms with Crippen molar-refractivity contribution in [1.29, 1.82) is 0 Å². The summed E-state index contributed by atoms with van der Waals surface area (Å²) in [5.74, 6) is -3.31. The number of benzene rings is 2. The van der Waals surface area contributed by atoms with Gasteiger partial charge >= 0.3 is 5.97 Å². The van der Waals surface area contributed by atoms with Crippen LogP contribution in [0.5, 0.6) is 0 Å². The van der Waals surface area contributed by atoms with Gasteiger partial charge in [0.1, 0.15) is 5.82 Å². The molecular formula is C26H27F2N3O3. The number of carboxylic acids is 1. The Labute approximate surface area is 195 Å². The van der Waals surface area contributed by atoms with E-state index < -0.39 is 17.3 Å². The number of aryl methyl sites for hydroxylation is 1. The lowest BCUT2D eigenvalue weighted by atomic mass is 9.64. The molecule has 1 fully saturated rings. The van der Waals surface area contributed by atoms with Crippen LogP contribution in [-0.4, -0.2) is 26.5 Å². The monoisotopic (exact) mass is 467 g/mol. The largest absolute Gasteiger partial charge is 0.478 e. The van der Waals surface area contributed by atoms with E-state index in [1.807, 2.05) is 26.8 Å². The number of carboxylic acid groups (broad SMARTS) is 1. The SMILES string of the molecule is CC[C@H]1CC2(CC(F)(F)C2)c2nc3c([C@@H](C)Nc4ccccc4C(=O)O)cc(C)cc3c(=O)n21. The Kier molecular flexibility index (Phi) is 5.04. The van der Waals surface area contributed by atoms with Gasteiger partial charge in [0.05, 0.1) is 22.5 Å². The topological polar surface area (TPSA) is 84.2 Å². The molecule has 5 rings (SSSR count). The van der Waals surface area contributed by atoms with Crippen molar-refractivity contribution in [2.24, 2.45) is 0 Å². The van der Waals surface area contributed by atoms with Gasteiger partial charge < -0.3 is 10.4 Å². The van der Waals surface area contributed by atoms with E-state index in [4.69, 9.17) is 4.98 Å². The van der Waals surface area contributed by atoms with Crippen molar-refractivity contribution in [2.45, 2.75) is 69.9 Å². The fraction of sp³-hybridized carbons (Fsp3) is 0.423. The second kappa shape index (κ2) is 7.61. The molecule has 1 aliphatic heterocycles. The van der Waals surface area contributed by atoms with E-state index in [0.29, 0.717) is 35.3 Å². The summed E-state index contributed by atoms with van der Waals surface area (Å²) < 4.78 is 29.7. The van der Waals surface area contributed by atoms with Crippen molar-refractivity contribution in [3.63, 3.8) is 0 Å². The number of alkyl halides is 2. The lowest BCUT2D eigenvalue weighted by molar-refractivity contribution is -0.128. The number of nitrogens with zero attached hydrogens (tertiary/aromatic N) is 2. The number of aromatic nitrogens is 2. The molecule has 6 nitrogen and oxygen atoms in total. The second-order valence-corrected chi connectivity index (χ2v) is 9.83. The number of halogens is 2. The number of anilines is 1. The van der Waals surface area contributed by atoms with Crippen molar-refractivity contribution in [1.82, 2.24) is 9.55 Å². The summed E-state index contributed by atoms with van der Waals surface area (Å²) in [7, 11) is 0. The van der Waals surface area contributed by atoms with Crippen LogP contribution in [0.15, 0.2) is 41.2 Å². The molecule has 2 heterocycles. The van der Waals surface area contributed by atoms with Gasteiger partial charge in [-0.05, 0) is 50.5 Å². The standard InChI is InChI=1S/C26H27F2N3O3/c1-4-16-11-25(12-26(27,28)13-25)24-30-21-18(9-14(2)10-19(21)22(32)31(16)24)15(3)29-20-8-6-5-7-17(20)23(33)34/h5-10,15-16,29H,4,11-13H2,1-3H3,(H,33,34)/t15-,16+/m1/s1. The Morgan fingerprint density at radius 1 is 1.29 bits per heavy atom. The molecule has 3 aromatic rings. The molecule has 0 saturated heterocycles. The summed E-state index contributed by atoms with van der Waals surface area (Å²) in [6, 6.07) is 9.82. The fourth-order valence-electron chi connectivity index (χ4n) is 5.83. The minimum absolute atomic E-state index is 0.140. The van der Waals surface area contributed by atoms with Gasteiger partial charge in [0.15, 0.2) is 0 Å². The molecule has 1 aromatic heterocycles. The summed E-state index contributed by atoms with van der Waals surface area (Å²) in [6.45, 7) is 5.74. The van der Waals surface area contributed by atoms with Crippen molar-refractivity contribution >= 4 is 22.6 Å². The van der Waals surface area contributed by atoms with Crippen molar-refractivity contribution in [2.75, 3.05) is 5.32 Å². The van der Waals surface area contributed by atoms with Crippen LogP contribution in [0.4, 0.5) is 14.5 Å². The second-order valence-electron chi connectivity index (χ2n) is 9.83. The maximum absolute atomic E-state index is 14.0. The predicted octanol–water partition coefficient (Wildman–Crippen LogP) is 5.60. The highest BCUT2D eigenvalue weighted by molar-refractivity contribution is 5.94. The third-order valence-corrected chi connectivity index (χ3v) is 7.31. The number of nitrogens with one attached hydrogen (secondary N) is 1. The molecule has 0 amide bonds. The zero-order chi connectivity index (χ0) is 24.4. The van der Waals surface area contributed by atoms with Gasteiger partial charge in [-0.1, -0.05) is 25.1 Å². The van der Waals surface area contributed by atoms with E-state index in [1.165, 1.54) is 6.07 Å². The summed E-state index contributed by atoms with van der Waals surface area (Å²) >= 11 is 0. The molecule has 1 spiro atoms. The van der Waals surface area contributed by atoms with Gasteiger partial charge in [-0.15, -0.1) is 0 Å². The molecule has 2 atom stereocenters. The maximum Gasteiger partial charge on any atom is 0.337 e. The van der Waals surface area contributed by atoms with Crippen LogP contribution < -0.4 is 10.9 Å². The van der Waals surface area contributed by atoms with Crippen LogP contribution in [0.1, 0.15) is 78.9 Å². The first-order valence-corrected chi connectivity index (χ1v) is 11.6. The highest BCUT2D eigenvalue weighted by Crippen LogP contribution is 2.59. The molecule has 0 radical (unpaired) electrons. The molecule has 8 heteroatoms. The van der Waals surface area contributed by atoms with E-state index in [0.717, 1.165) is 11.1 Å². The van der Waals surface area contributed by atoms with Crippen molar-refractivity contribution in [3.8, 4) is 0 Å². The van der Waals surface area contributed by atoms with Gasteiger partial charge in [0, 0.05) is 35.5 Å². The molecule has 34 heavy (non-hydrogen) atoms. The Hall–Kier alpha value is -3.29. The number of para-hydroxylation sites is 1. The molecule has 1 saturated carbocycles. The van der Waals surface area contributed by atoms with Crippen LogP contribution in [0.25, 0.3) is 10.9 Å². The van der Waals surface area contributed by atoms with Crippen molar-refractivity contribution < 1.29 is 18.7 Å². The Morgan fingerprint density at radius 2 is 2.00 bits per heavy atom. The van der Waals surface area contributed by atoms with Crippen LogP contribution in [0.2, 0.25) is 0 Å². The summed E-state index contributed by atoms with van der Waals surface area (Å²) in [4.78, 5) is 30.2. The number of aromatic carboxylic acids is 1. The third-order valence-electron chi connectivity index (χ3n) is 7.31. The van der Waals surface area contributed by atoms with Crippen LogP contribution >= 0.6 is 0 Å². The Morgan fingerprint density at radius 3 is 2.65 bits per heavy atom. The van der Waals surface area contributed by atoms with E-state index in [9.17, 15) is 23.5 Å². The smallest absolute Gasteiger partial charge is 0.337 e. The molecule has 178 valence electrons. The molecule has 2 aliphatic rings. The highest BCUT2D eigenvalue weighted by Gasteiger charge is 2.62. The summed E-state index contributed by atoms with van der Waals surface area (Å²) in [5, 5.41) is 13.2. The van der Waals surface area contributed by atoms with Crippen LogP contribution in [-0.2, 0) is 5.41 Å². The first-order valence-electron chi connectivity index (χ1n) is 11.6. The van der Waals surface area contributed by atoms with Gasteiger partial charge in [0.2, 0.25) is 5.92 Å². The number of carbonyl (C=O) groups is 1. The molecule has 0 unspecified atom stereocenters. The molecule has 2 N–H and O–H groups in total. The number of fused-ring (bicyclic) bond motifs is 3. The minimum Gasteiger partial charge on any atom is -0.478 e. The van der Waals surface area contributed by atoms with E-state index in [2.05, 4.69) is 5.32 Å². The van der Waals surface area contributed by atoms with Gasteiger partial charge in [-0.3, -0.25) is 9.36 Å². The van der Waals surface area contributed by atoms with E-state index in [1.54, 1.807) is 28.8 Å². The maximum atomic E-state index is 14.0. The lowest BCUT2D eigenvalue weighted by Gasteiger charge is -2.44. The number of hydrogen-bond acceptors (Lipinski definition) is 4. The number of rotatable bonds is 5. The Balaban J connectivity index is 1.66. The quantitative estimate of drug-likeness (QED) is 0.510. The van der Waals surface area contributed by atoms with Gasteiger partial charge in [0.25, 0.3) is 5.56 Å². The molecule has 0 bridgehead atoms. The summed E-state index contributed by atoms with van der Waals surface area (Å²) in [6.07, 6.45) is 0.618. The highest BCUT2D eigenvalue weighted by atomic mass is 19.3. The molecular weight excluding hydrogens is 440 g/mol. The molecule has 1 aliphatic carbocycles. The molecule has 2 aromatic carbocycles. The van der Waals surface area contributed by atoms with Gasteiger partial charge in [-0.2, -0.15) is 0 Å². The minimum atomic E-state index is -2.73. The average molecular weight is 468 g/mol. The van der Waals surface area contributed by atoms with E-state index in [-0.39, 0.29) is 36.0 Å². The predicted molar refractivity (Wildman–Crippen MR) is 126 cm³/mol. The Bertz CT molecular complexity index is 1370. The average Bonchev–Trinajstić information content (AvgIpc) is 3.07. The third kappa shape index (κ3) is 3.38. The first-order chi connectivity index (χ1) is 16.0. The van der Waals surface area contributed by atoms with Gasteiger partial charge in [-0.25, -0.2) is 18.6 Å². The first kappa shape index (κ1) is 22.5. The van der Waals surface area contributed by atoms with Crippen LogP contribution in [0, 0.1) is 6.92 Å². The zero-order valence-corrected chi connectivity index (χ0v) is 19.4. The lowest BCUT2D eigenvalue weighted by Crippen LogP contribution is -2.49. The van der Waals surface area contributed by atoms with Crippen LogP contribution in [0.3, 0.4) is 0 Å². The summed E-state index contributed by atoms with van der Waals surface area (Å²) in [5.41, 5.74) is 1.72. The fourth-order valence-corrected chi connectivity index (χ4v) is 5.83. The van der Waals surface area contributed by atoms with E-state index >= 15 is 0 Å². The normalized spacial score (nSPS) is 20.7. The van der Waals surface area contributed by atoms with Crippen molar-refractivity contribution in [3.05, 3.63) is 69.3 Å². The number of hydrogen-bond donors (Lipinski definition) is 2.